The zero-order valence-electron chi connectivity index (χ0n) is 19.3. The van der Waals surface area contributed by atoms with Gasteiger partial charge in [-0.2, -0.15) is 0 Å². The average Bonchev–Trinajstić information content (AvgIpc) is 3.40. The molecule has 0 radical (unpaired) electrons. The number of ether oxygens (including phenoxy) is 1. The van der Waals surface area contributed by atoms with E-state index in [0.717, 1.165) is 36.8 Å². The normalized spacial score (nSPS) is 20.9. The van der Waals surface area contributed by atoms with Gasteiger partial charge in [0.05, 0.1) is 18.8 Å². The lowest BCUT2D eigenvalue weighted by Gasteiger charge is -2.44. The highest BCUT2D eigenvalue weighted by Crippen LogP contribution is 2.34. The highest BCUT2D eigenvalue weighted by atomic mass is 35.5. The Balaban J connectivity index is 1.31. The van der Waals surface area contributed by atoms with E-state index in [1.54, 1.807) is 30.5 Å². The molecule has 2 amide bonds. The van der Waals surface area contributed by atoms with Gasteiger partial charge in [-0.25, -0.2) is 0 Å². The van der Waals surface area contributed by atoms with Crippen molar-refractivity contribution in [3.63, 3.8) is 0 Å². The highest BCUT2D eigenvalue weighted by Gasteiger charge is 2.41. The molecule has 2 atom stereocenters. The van der Waals surface area contributed by atoms with Crippen LogP contribution in [0.15, 0.2) is 77.1 Å². The Morgan fingerprint density at radius 2 is 1.83 bits per heavy atom. The van der Waals surface area contributed by atoms with E-state index < -0.39 is 0 Å². The third-order valence-corrected chi connectivity index (χ3v) is 6.81. The van der Waals surface area contributed by atoms with E-state index in [2.05, 4.69) is 5.32 Å². The first-order valence-corrected chi connectivity index (χ1v) is 12.3. The van der Waals surface area contributed by atoms with Gasteiger partial charge in [0.25, 0.3) is 11.8 Å². The van der Waals surface area contributed by atoms with Gasteiger partial charge >= 0.3 is 0 Å². The largest absolute Gasteiger partial charge is 0.482 e. The number of fused-ring (bicyclic) bond motifs is 1. The van der Waals surface area contributed by atoms with Gasteiger partial charge in [0.2, 0.25) is 0 Å². The van der Waals surface area contributed by atoms with E-state index in [-0.39, 0.29) is 24.0 Å². The second kappa shape index (κ2) is 10.4. The molecule has 2 aromatic carbocycles. The van der Waals surface area contributed by atoms with Gasteiger partial charge in [0, 0.05) is 17.1 Å². The SMILES string of the molecule is O=C(NCc1ccco1)c1ccc(/C=C2\OC3CCCCC3N(Cc3ccc(Cl)cc3)C2=O)cc1. The number of hydrogen-bond donors (Lipinski definition) is 1. The molecule has 1 aliphatic heterocycles. The summed E-state index contributed by atoms with van der Waals surface area (Å²) in [5.74, 6) is 0.738. The molecule has 0 bridgehead atoms. The lowest BCUT2D eigenvalue weighted by Crippen LogP contribution is -2.54. The van der Waals surface area contributed by atoms with Crippen molar-refractivity contribution >= 4 is 29.5 Å². The van der Waals surface area contributed by atoms with Gasteiger partial charge in [0.1, 0.15) is 11.9 Å². The number of nitrogens with zero attached hydrogens (tertiary/aromatic N) is 1. The van der Waals surface area contributed by atoms with Crippen LogP contribution in [0.1, 0.15) is 52.9 Å². The summed E-state index contributed by atoms with van der Waals surface area (Å²) in [6.45, 7) is 0.846. The molecule has 2 fully saturated rings. The maximum Gasteiger partial charge on any atom is 0.289 e. The van der Waals surface area contributed by atoms with E-state index in [1.807, 2.05) is 47.4 Å². The Morgan fingerprint density at radius 3 is 2.57 bits per heavy atom. The van der Waals surface area contributed by atoms with E-state index in [0.29, 0.717) is 35.2 Å². The van der Waals surface area contributed by atoms with Crippen LogP contribution >= 0.6 is 11.6 Å². The molecule has 180 valence electrons. The first kappa shape index (κ1) is 23.2. The molecule has 7 heteroatoms. The molecule has 3 aromatic rings. The number of carbonyl (C=O) groups is 2. The maximum absolute atomic E-state index is 13.5. The van der Waals surface area contributed by atoms with Crippen LogP contribution in [0.25, 0.3) is 6.08 Å². The summed E-state index contributed by atoms with van der Waals surface area (Å²) >= 11 is 6.04. The summed E-state index contributed by atoms with van der Waals surface area (Å²) in [5, 5.41) is 3.51. The fourth-order valence-electron chi connectivity index (χ4n) is 4.71. The lowest BCUT2D eigenvalue weighted by molar-refractivity contribution is -0.149. The number of rotatable bonds is 6. The molecule has 35 heavy (non-hydrogen) atoms. The van der Waals surface area contributed by atoms with Crippen LogP contribution in [0, 0.1) is 0 Å². The number of benzene rings is 2. The van der Waals surface area contributed by atoms with Gasteiger partial charge in [-0.3, -0.25) is 9.59 Å². The second-order valence-electron chi connectivity index (χ2n) is 8.96. The first-order chi connectivity index (χ1) is 17.1. The minimum Gasteiger partial charge on any atom is -0.482 e. The predicted molar refractivity (Wildman–Crippen MR) is 133 cm³/mol. The van der Waals surface area contributed by atoms with Crippen LogP contribution in [0.5, 0.6) is 0 Å². The predicted octanol–water partition coefficient (Wildman–Crippen LogP) is 5.57. The summed E-state index contributed by atoms with van der Waals surface area (Å²) < 4.78 is 11.5. The standard InChI is InChI=1S/C28H27ClN2O4/c29-22-13-9-20(10-14-22)18-31-24-5-1-2-6-25(24)35-26(28(31)33)16-19-7-11-21(12-8-19)27(32)30-17-23-4-3-15-34-23/h3-4,7-16,24-25H,1-2,5-6,17-18H2,(H,30,32)/b26-16-. The van der Waals surface area contributed by atoms with Crippen LogP contribution in [0.2, 0.25) is 5.02 Å². The molecular weight excluding hydrogens is 464 g/mol. The minimum absolute atomic E-state index is 0.00773. The van der Waals surface area contributed by atoms with Crippen LogP contribution in [0.4, 0.5) is 0 Å². The maximum atomic E-state index is 13.5. The van der Waals surface area contributed by atoms with Crippen molar-refractivity contribution in [3.8, 4) is 0 Å². The molecule has 6 nitrogen and oxygen atoms in total. The van der Waals surface area contributed by atoms with Gasteiger partial charge < -0.3 is 19.4 Å². The van der Waals surface area contributed by atoms with E-state index in [1.165, 1.54) is 0 Å². The lowest BCUT2D eigenvalue weighted by atomic mass is 9.89. The van der Waals surface area contributed by atoms with Crippen LogP contribution < -0.4 is 5.32 Å². The monoisotopic (exact) mass is 490 g/mol. The fourth-order valence-corrected chi connectivity index (χ4v) is 4.84. The number of furan rings is 1. The number of hydrogen-bond acceptors (Lipinski definition) is 4. The third kappa shape index (κ3) is 5.43. The van der Waals surface area contributed by atoms with Gasteiger partial charge in [0.15, 0.2) is 5.76 Å². The molecule has 1 aliphatic carbocycles. The fraction of sp³-hybridized carbons (Fsp3) is 0.286. The molecule has 2 unspecified atom stereocenters. The Kier molecular flexibility index (Phi) is 6.91. The van der Waals surface area contributed by atoms with Crippen molar-refractivity contribution in [2.45, 2.75) is 50.9 Å². The Bertz CT molecular complexity index is 1200. The topological polar surface area (TPSA) is 71.8 Å². The van der Waals surface area contributed by atoms with Crippen molar-refractivity contribution < 1.29 is 18.7 Å². The molecule has 0 spiro atoms. The summed E-state index contributed by atoms with van der Waals surface area (Å²) in [7, 11) is 0. The van der Waals surface area contributed by atoms with Crippen molar-refractivity contribution in [2.75, 3.05) is 0 Å². The van der Waals surface area contributed by atoms with Gasteiger partial charge in [-0.15, -0.1) is 0 Å². The van der Waals surface area contributed by atoms with Gasteiger partial charge in [-0.05, 0) is 72.9 Å². The molecule has 2 aliphatic rings. The van der Waals surface area contributed by atoms with Crippen LogP contribution in [-0.4, -0.2) is 28.9 Å². The molecule has 1 saturated heterocycles. The van der Waals surface area contributed by atoms with E-state index in [4.69, 9.17) is 20.8 Å². The Morgan fingerprint density at radius 1 is 1.06 bits per heavy atom. The van der Waals surface area contributed by atoms with Crippen LogP contribution in [0.3, 0.4) is 0 Å². The number of carbonyl (C=O) groups excluding carboxylic acids is 2. The molecule has 2 heterocycles. The smallest absolute Gasteiger partial charge is 0.289 e. The van der Waals surface area contributed by atoms with Crippen molar-refractivity contribution in [2.24, 2.45) is 0 Å². The highest BCUT2D eigenvalue weighted by molar-refractivity contribution is 6.30. The summed E-state index contributed by atoms with van der Waals surface area (Å²) in [6.07, 6.45) is 7.40. The van der Waals surface area contributed by atoms with Gasteiger partial charge in [-0.1, -0.05) is 42.3 Å². The molecule has 5 rings (SSSR count). The Labute approximate surface area is 209 Å². The second-order valence-corrected chi connectivity index (χ2v) is 9.40. The zero-order chi connectivity index (χ0) is 24.2. The number of nitrogens with one attached hydrogen (secondary N) is 1. The summed E-state index contributed by atoms with van der Waals surface area (Å²) in [6, 6.07) is 18.4. The van der Waals surface area contributed by atoms with E-state index >= 15 is 0 Å². The van der Waals surface area contributed by atoms with E-state index in [9.17, 15) is 9.59 Å². The number of halogens is 1. The number of morpholine rings is 1. The zero-order valence-corrected chi connectivity index (χ0v) is 20.0. The Hall–Kier alpha value is -3.51. The third-order valence-electron chi connectivity index (χ3n) is 6.56. The minimum atomic E-state index is -0.190. The van der Waals surface area contributed by atoms with Crippen molar-refractivity contribution in [1.82, 2.24) is 10.2 Å². The molecule has 1 aromatic heterocycles. The molecular formula is C28H27ClN2O4. The van der Waals surface area contributed by atoms with Crippen molar-refractivity contribution in [3.05, 3.63) is 100 Å². The number of amides is 2. The summed E-state index contributed by atoms with van der Waals surface area (Å²) in [4.78, 5) is 27.8. The average molecular weight is 491 g/mol. The molecule has 1 N–H and O–H groups in total. The molecule has 1 saturated carbocycles. The quantitative estimate of drug-likeness (QED) is 0.458. The van der Waals surface area contributed by atoms with Crippen molar-refractivity contribution in [1.29, 1.82) is 0 Å². The first-order valence-electron chi connectivity index (χ1n) is 11.9. The van der Waals surface area contributed by atoms with Crippen LogP contribution in [-0.2, 0) is 22.6 Å². The summed E-state index contributed by atoms with van der Waals surface area (Å²) in [5.41, 5.74) is 2.38.